The third kappa shape index (κ3) is 3.04. The van der Waals surface area contributed by atoms with Gasteiger partial charge in [-0.2, -0.15) is 0 Å². The summed E-state index contributed by atoms with van der Waals surface area (Å²) in [6, 6.07) is 7.61. The number of carbonyl (C=O) groups excluding carboxylic acids is 2. The molecule has 0 spiro atoms. The Kier molecular flexibility index (Phi) is 4.50. The molecule has 0 unspecified atom stereocenters. The zero-order valence-corrected chi connectivity index (χ0v) is 12.9. The van der Waals surface area contributed by atoms with E-state index in [2.05, 4.69) is 5.32 Å². The van der Waals surface area contributed by atoms with Crippen LogP contribution in [0.15, 0.2) is 29.2 Å². The summed E-state index contributed by atoms with van der Waals surface area (Å²) in [7, 11) is 0. The van der Waals surface area contributed by atoms with Crippen LogP contribution < -0.4 is 5.32 Å². The second-order valence-electron chi connectivity index (χ2n) is 5.39. The van der Waals surface area contributed by atoms with Crippen LogP contribution in [0.1, 0.15) is 24.2 Å². The van der Waals surface area contributed by atoms with E-state index in [1.807, 2.05) is 49.3 Å². The molecular formula is C15H20N2O2S. The standard InChI is InChI=1S/C15H20N2O2S/c1-15(2)14(19)16-8-9-17(15)10-13(18)11-4-6-12(20-3)7-5-11/h4-7H,8-10H2,1-3H3,(H,16,19). The number of piperazine rings is 1. The second kappa shape index (κ2) is 5.97. The molecule has 20 heavy (non-hydrogen) atoms. The number of hydrogen-bond acceptors (Lipinski definition) is 4. The highest BCUT2D eigenvalue weighted by Crippen LogP contribution is 2.19. The monoisotopic (exact) mass is 292 g/mol. The fraction of sp³-hybridized carbons (Fsp3) is 0.467. The molecule has 1 aliphatic rings. The zero-order valence-electron chi connectivity index (χ0n) is 12.1. The van der Waals surface area contributed by atoms with Crippen LogP contribution in [-0.4, -0.2) is 48.0 Å². The summed E-state index contributed by atoms with van der Waals surface area (Å²) >= 11 is 1.65. The van der Waals surface area contributed by atoms with Crippen LogP contribution in [0.2, 0.25) is 0 Å². The SMILES string of the molecule is CSc1ccc(C(=O)CN2CCNC(=O)C2(C)C)cc1. The highest BCUT2D eigenvalue weighted by Gasteiger charge is 2.38. The van der Waals surface area contributed by atoms with Crippen molar-refractivity contribution < 1.29 is 9.59 Å². The molecule has 2 rings (SSSR count). The Bertz CT molecular complexity index is 511. The van der Waals surface area contributed by atoms with E-state index < -0.39 is 5.54 Å². The summed E-state index contributed by atoms with van der Waals surface area (Å²) in [6.45, 7) is 5.28. The van der Waals surface area contributed by atoms with Crippen molar-refractivity contribution in [1.82, 2.24) is 10.2 Å². The zero-order chi connectivity index (χ0) is 14.8. The molecule has 1 fully saturated rings. The topological polar surface area (TPSA) is 49.4 Å². The summed E-state index contributed by atoms with van der Waals surface area (Å²) in [4.78, 5) is 27.3. The molecule has 1 aromatic carbocycles. The molecule has 5 heteroatoms. The molecule has 0 aromatic heterocycles. The van der Waals surface area contributed by atoms with Gasteiger partial charge in [-0.3, -0.25) is 14.5 Å². The Morgan fingerprint density at radius 3 is 2.60 bits per heavy atom. The number of thioether (sulfide) groups is 1. The lowest BCUT2D eigenvalue weighted by atomic mass is 9.98. The number of nitrogens with one attached hydrogen (secondary N) is 1. The molecule has 0 atom stereocenters. The number of amides is 1. The van der Waals surface area contributed by atoms with E-state index >= 15 is 0 Å². The van der Waals surface area contributed by atoms with E-state index in [0.29, 0.717) is 18.7 Å². The quantitative estimate of drug-likeness (QED) is 0.679. The van der Waals surface area contributed by atoms with Crippen LogP contribution in [0.5, 0.6) is 0 Å². The van der Waals surface area contributed by atoms with Crippen molar-refractivity contribution in [2.24, 2.45) is 0 Å². The first-order valence-electron chi connectivity index (χ1n) is 6.66. The molecule has 108 valence electrons. The van der Waals surface area contributed by atoms with E-state index in [-0.39, 0.29) is 18.2 Å². The van der Waals surface area contributed by atoms with Crippen LogP contribution in [0.3, 0.4) is 0 Å². The summed E-state index contributed by atoms with van der Waals surface area (Å²) in [5.41, 5.74) is 0.0669. The summed E-state index contributed by atoms with van der Waals surface area (Å²) in [5, 5.41) is 2.84. The fourth-order valence-corrected chi connectivity index (χ4v) is 2.67. The van der Waals surface area contributed by atoms with Gasteiger partial charge in [0.15, 0.2) is 5.78 Å². The third-order valence-electron chi connectivity index (χ3n) is 3.76. The molecule has 1 saturated heterocycles. The maximum Gasteiger partial charge on any atom is 0.240 e. The predicted molar refractivity (Wildman–Crippen MR) is 81.2 cm³/mol. The van der Waals surface area contributed by atoms with Gasteiger partial charge in [-0.25, -0.2) is 0 Å². The molecule has 0 aliphatic carbocycles. The average Bonchev–Trinajstić information content (AvgIpc) is 2.44. The first-order chi connectivity index (χ1) is 9.45. The van der Waals surface area contributed by atoms with Gasteiger partial charge in [0.1, 0.15) is 0 Å². The minimum atomic E-state index is -0.632. The van der Waals surface area contributed by atoms with Gasteiger partial charge in [-0.1, -0.05) is 12.1 Å². The Morgan fingerprint density at radius 2 is 2.00 bits per heavy atom. The van der Waals surface area contributed by atoms with Crippen molar-refractivity contribution in [2.75, 3.05) is 25.9 Å². The number of hydrogen-bond donors (Lipinski definition) is 1. The van der Waals surface area contributed by atoms with Crippen LogP contribution in [0.4, 0.5) is 0 Å². The van der Waals surface area contributed by atoms with Gasteiger partial charge in [-0.15, -0.1) is 11.8 Å². The van der Waals surface area contributed by atoms with Crippen molar-refractivity contribution >= 4 is 23.5 Å². The Hall–Kier alpha value is -1.33. The number of rotatable bonds is 4. The average molecular weight is 292 g/mol. The highest BCUT2D eigenvalue weighted by molar-refractivity contribution is 7.98. The lowest BCUT2D eigenvalue weighted by molar-refractivity contribution is -0.134. The third-order valence-corrected chi connectivity index (χ3v) is 4.50. The Morgan fingerprint density at radius 1 is 1.35 bits per heavy atom. The molecule has 1 amide bonds. The molecule has 1 aromatic rings. The van der Waals surface area contributed by atoms with E-state index in [4.69, 9.17) is 0 Å². The van der Waals surface area contributed by atoms with Crippen LogP contribution in [0.25, 0.3) is 0 Å². The molecule has 0 saturated carbocycles. The van der Waals surface area contributed by atoms with Crippen molar-refractivity contribution in [2.45, 2.75) is 24.3 Å². The molecular weight excluding hydrogens is 272 g/mol. The number of Topliss-reactive ketones (excluding diaryl/α,β-unsaturated/α-hetero) is 1. The Balaban J connectivity index is 2.08. The van der Waals surface area contributed by atoms with Crippen LogP contribution >= 0.6 is 11.8 Å². The lowest BCUT2D eigenvalue weighted by Gasteiger charge is -2.40. The van der Waals surface area contributed by atoms with Gasteiger partial charge in [-0.05, 0) is 32.2 Å². The van der Waals surface area contributed by atoms with E-state index in [0.717, 1.165) is 4.90 Å². The highest BCUT2D eigenvalue weighted by atomic mass is 32.2. The molecule has 1 heterocycles. The van der Waals surface area contributed by atoms with Gasteiger partial charge < -0.3 is 5.32 Å². The normalized spacial score (nSPS) is 18.6. The first-order valence-corrected chi connectivity index (χ1v) is 7.88. The van der Waals surface area contributed by atoms with E-state index in [1.54, 1.807) is 11.8 Å². The minimum absolute atomic E-state index is 0.0192. The van der Waals surface area contributed by atoms with Crippen molar-refractivity contribution in [1.29, 1.82) is 0 Å². The van der Waals surface area contributed by atoms with Crippen molar-refractivity contribution in [3.63, 3.8) is 0 Å². The number of ketones is 1. The first kappa shape index (κ1) is 15.1. The smallest absolute Gasteiger partial charge is 0.240 e. The van der Waals surface area contributed by atoms with E-state index in [1.165, 1.54) is 0 Å². The maximum atomic E-state index is 12.3. The van der Waals surface area contributed by atoms with Gasteiger partial charge in [0.2, 0.25) is 5.91 Å². The minimum Gasteiger partial charge on any atom is -0.353 e. The predicted octanol–water partition coefficient (Wildman–Crippen LogP) is 1.80. The lowest BCUT2D eigenvalue weighted by Crippen LogP contribution is -2.62. The molecule has 0 radical (unpaired) electrons. The Labute approximate surface area is 123 Å². The molecule has 0 bridgehead atoms. The maximum absolute atomic E-state index is 12.3. The summed E-state index contributed by atoms with van der Waals surface area (Å²) in [6.07, 6.45) is 2.01. The molecule has 1 aliphatic heterocycles. The fourth-order valence-electron chi connectivity index (χ4n) is 2.26. The summed E-state index contributed by atoms with van der Waals surface area (Å²) < 4.78 is 0. The van der Waals surface area contributed by atoms with Crippen molar-refractivity contribution in [3.05, 3.63) is 29.8 Å². The number of carbonyl (C=O) groups is 2. The number of benzene rings is 1. The molecule has 1 N–H and O–H groups in total. The number of nitrogens with zero attached hydrogens (tertiary/aromatic N) is 1. The van der Waals surface area contributed by atoms with E-state index in [9.17, 15) is 9.59 Å². The van der Waals surface area contributed by atoms with Gasteiger partial charge in [0.05, 0.1) is 12.1 Å². The van der Waals surface area contributed by atoms with Crippen LogP contribution in [-0.2, 0) is 4.79 Å². The van der Waals surface area contributed by atoms with Gasteiger partial charge in [0.25, 0.3) is 0 Å². The van der Waals surface area contributed by atoms with Gasteiger partial charge >= 0.3 is 0 Å². The molecule has 4 nitrogen and oxygen atoms in total. The second-order valence-corrected chi connectivity index (χ2v) is 6.27. The van der Waals surface area contributed by atoms with Crippen LogP contribution in [0, 0.1) is 0 Å². The largest absolute Gasteiger partial charge is 0.353 e. The van der Waals surface area contributed by atoms with Gasteiger partial charge in [0, 0.05) is 23.5 Å². The summed E-state index contributed by atoms with van der Waals surface area (Å²) in [5.74, 6) is 0.0368. The van der Waals surface area contributed by atoms with Crippen molar-refractivity contribution in [3.8, 4) is 0 Å².